The number of rotatable bonds is 5. The molecule has 0 aliphatic heterocycles. The summed E-state index contributed by atoms with van der Waals surface area (Å²) in [7, 11) is 0. The van der Waals surface area contributed by atoms with Crippen LogP contribution in [0.4, 0.5) is 5.13 Å². The Morgan fingerprint density at radius 3 is 2.50 bits per heavy atom. The number of nitrogens with zero attached hydrogens (tertiary/aromatic N) is 2. The summed E-state index contributed by atoms with van der Waals surface area (Å²) in [5.74, 6) is 0.670. The molecule has 2 atom stereocenters. The summed E-state index contributed by atoms with van der Waals surface area (Å²) < 4.78 is 0. The van der Waals surface area contributed by atoms with Crippen molar-refractivity contribution >= 4 is 16.5 Å². The number of aromatic nitrogens is 2. The van der Waals surface area contributed by atoms with Gasteiger partial charge in [0.2, 0.25) is 5.13 Å². The van der Waals surface area contributed by atoms with Gasteiger partial charge in [-0.3, -0.25) is 0 Å². The molecule has 1 N–H and O–H groups in total. The van der Waals surface area contributed by atoms with Crippen LogP contribution in [-0.2, 0) is 6.42 Å². The van der Waals surface area contributed by atoms with Crippen LogP contribution < -0.4 is 5.32 Å². The Morgan fingerprint density at radius 1 is 1.29 bits per heavy atom. The fourth-order valence-corrected chi connectivity index (χ4v) is 1.92. The Morgan fingerprint density at radius 2 is 2.00 bits per heavy atom. The number of nitrogens with one attached hydrogen (secondary N) is 1. The number of anilines is 1. The zero-order chi connectivity index (χ0) is 10.6. The molecule has 0 fully saturated rings. The zero-order valence-corrected chi connectivity index (χ0v) is 10.2. The van der Waals surface area contributed by atoms with E-state index < -0.39 is 0 Å². The first-order valence-corrected chi connectivity index (χ1v) is 6.07. The average molecular weight is 213 g/mol. The Balaban J connectivity index is 2.51. The molecule has 4 heteroatoms. The maximum Gasteiger partial charge on any atom is 0.205 e. The van der Waals surface area contributed by atoms with Crippen LogP contribution in [0.3, 0.4) is 0 Å². The lowest BCUT2D eigenvalue weighted by Crippen LogP contribution is -2.22. The van der Waals surface area contributed by atoms with Crippen molar-refractivity contribution in [2.75, 3.05) is 5.32 Å². The van der Waals surface area contributed by atoms with Crippen LogP contribution in [0, 0.1) is 5.92 Å². The Bertz CT molecular complexity index is 272. The van der Waals surface area contributed by atoms with Crippen molar-refractivity contribution in [3.63, 3.8) is 0 Å². The maximum absolute atomic E-state index is 4.10. The molecule has 1 rings (SSSR count). The van der Waals surface area contributed by atoms with Gasteiger partial charge in [-0.1, -0.05) is 38.5 Å². The van der Waals surface area contributed by atoms with Gasteiger partial charge in [0.05, 0.1) is 0 Å². The largest absolute Gasteiger partial charge is 0.357 e. The van der Waals surface area contributed by atoms with E-state index >= 15 is 0 Å². The first-order valence-electron chi connectivity index (χ1n) is 5.26. The molecule has 0 radical (unpaired) electrons. The van der Waals surface area contributed by atoms with Gasteiger partial charge in [-0.25, -0.2) is 0 Å². The van der Waals surface area contributed by atoms with Crippen molar-refractivity contribution in [3.05, 3.63) is 5.01 Å². The van der Waals surface area contributed by atoms with E-state index in [2.05, 4.69) is 43.2 Å². The van der Waals surface area contributed by atoms with Gasteiger partial charge < -0.3 is 5.32 Å². The monoisotopic (exact) mass is 213 g/mol. The van der Waals surface area contributed by atoms with Crippen molar-refractivity contribution in [2.24, 2.45) is 5.92 Å². The smallest absolute Gasteiger partial charge is 0.205 e. The molecule has 0 aromatic carbocycles. The van der Waals surface area contributed by atoms with Gasteiger partial charge in [0.25, 0.3) is 0 Å². The molecule has 0 spiro atoms. The second-order valence-electron chi connectivity index (χ2n) is 3.67. The molecule has 1 heterocycles. The summed E-state index contributed by atoms with van der Waals surface area (Å²) >= 11 is 1.66. The fraction of sp³-hybridized carbons (Fsp3) is 0.800. The highest BCUT2D eigenvalue weighted by atomic mass is 32.1. The summed E-state index contributed by atoms with van der Waals surface area (Å²) in [6, 6.07) is 0.470. The predicted molar refractivity (Wildman–Crippen MR) is 61.8 cm³/mol. The van der Waals surface area contributed by atoms with Crippen LogP contribution in [0.1, 0.15) is 39.1 Å². The second-order valence-corrected chi connectivity index (χ2v) is 4.74. The van der Waals surface area contributed by atoms with Gasteiger partial charge >= 0.3 is 0 Å². The third-order valence-corrected chi connectivity index (χ3v) is 3.62. The van der Waals surface area contributed by atoms with Gasteiger partial charge in [0, 0.05) is 6.04 Å². The minimum atomic E-state index is 0.470. The standard InChI is InChI=1S/C10H19N3S/c1-5-7(3)8(4)11-10-13-12-9(6-2)14-10/h7-8H,5-6H2,1-4H3,(H,11,13). The quantitative estimate of drug-likeness (QED) is 0.817. The molecule has 1 aromatic rings. The van der Waals surface area contributed by atoms with Crippen molar-refractivity contribution in [3.8, 4) is 0 Å². The molecule has 1 aromatic heterocycles. The maximum atomic E-state index is 4.10. The molecule has 14 heavy (non-hydrogen) atoms. The van der Waals surface area contributed by atoms with Gasteiger partial charge in [-0.2, -0.15) is 0 Å². The van der Waals surface area contributed by atoms with E-state index in [1.807, 2.05) is 0 Å². The van der Waals surface area contributed by atoms with Crippen LogP contribution in [0.25, 0.3) is 0 Å². The molecule has 0 amide bonds. The zero-order valence-electron chi connectivity index (χ0n) is 9.37. The molecule has 0 saturated heterocycles. The molecule has 0 saturated carbocycles. The van der Waals surface area contributed by atoms with Crippen LogP contribution in [0.2, 0.25) is 0 Å². The normalized spacial score (nSPS) is 15.1. The summed E-state index contributed by atoms with van der Waals surface area (Å²) in [5.41, 5.74) is 0. The molecule has 0 bridgehead atoms. The van der Waals surface area contributed by atoms with Gasteiger partial charge in [-0.15, -0.1) is 10.2 Å². The molecule has 2 unspecified atom stereocenters. The number of hydrogen-bond acceptors (Lipinski definition) is 4. The second kappa shape index (κ2) is 5.29. The number of hydrogen-bond donors (Lipinski definition) is 1. The van der Waals surface area contributed by atoms with E-state index in [1.54, 1.807) is 11.3 Å². The van der Waals surface area contributed by atoms with Crippen molar-refractivity contribution in [2.45, 2.75) is 46.6 Å². The Kier molecular flexibility index (Phi) is 4.32. The van der Waals surface area contributed by atoms with Crippen LogP contribution in [0.5, 0.6) is 0 Å². The van der Waals surface area contributed by atoms with Crippen molar-refractivity contribution in [1.29, 1.82) is 0 Å². The van der Waals surface area contributed by atoms with Gasteiger partial charge in [0.15, 0.2) is 0 Å². The summed E-state index contributed by atoms with van der Waals surface area (Å²) in [6.07, 6.45) is 2.16. The minimum Gasteiger partial charge on any atom is -0.357 e. The summed E-state index contributed by atoms with van der Waals surface area (Å²) in [4.78, 5) is 0. The first kappa shape index (κ1) is 11.4. The highest BCUT2D eigenvalue weighted by Crippen LogP contribution is 2.19. The summed E-state index contributed by atoms with van der Waals surface area (Å²) in [5, 5.41) is 13.6. The van der Waals surface area contributed by atoms with E-state index in [4.69, 9.17) is 0 Å². The molecule has 0 aliphatic rings. The van der Waals surface area contributed by atoms with Crippen LogP contribution in [-0.4, -0.2) is 16.2 Å². The van der Waals surface area contributed by atoms with Gasteiger partial charge in [-0.05, 0) is 19.3 Å². The lowest BCUT2D eigenvalue weighted by Gasteiger charge is -2.18. The molecular formula is C10H19N3S. The van der Waals surface area contributed by atoms with Crippen LogP contribution >= 0.6 is 11.3 Å². The topological polar surface area (TPSA) is 37.8 Å². The summed E-state index contributed by atoms with van der Waals surface area (Å²) in [6.45, 7) is 8.75. The van der Waals surface area contributed by atoms with E-state index in [0.29, 0.717) is 12.0 Å². The molecule has 3 nitrogen and oxygen atoms in total. The molecule has 0 aliphatic carbocycles. The average Bonchev–Trinajstić information content (AvgIpc) is 2.64. The van der Waals surface area contributed by atoms with Crippen LogP contribution in [0.15, 0.2) is 0 Å². The third kappa shape index (κ3) is 2.94. The number of aryl methyl sites for hydroxylation is 1. The molecule has 80 valence electrons. The highest BCUT2D eigenvalue weighted by molar-refractivity contribution is 7.15. The lowest BCUT2D eigenvalue weighted by molar-refractivity contribution is 0.494. The van der Waals surface area contributed by atoms with E-state index in [0.717, 1.165) is 16.6 Å². The third-order valence-electron chi connectivity index (χ3n) is 2.62. The van der Waals surface area contributed by atoms with E-state index in [9.17, 15) is 0 Å². The van der Waals surface area contributed by atoms with E-state index in [1.165, 1.54) is 6.42 Å². The van der Waals surface area contributed by atoms with Crippen molar-refractivity contribution in [1.82, 2.24) is 10.2 Å². The Hall–Kier alpha value is -0.640. The van der Waals surface area contributed by atoms with Crippen molar-refractivity contribution < 1.29 is 0 Å². The SMILES string of the molecule is CCc1nnc(NC(C)C(C)CC)s1. The van der Waals surface area contributed by atoms with E-state index in [-0.39, 0.29) is 0 Å². The fourth-order valence-electron chi connectivity index (χ4n) is 1.15. The molecular weight excluding hydrogens is 194 g/mol. The van der Waals surface area contributed by atoms with Gasteiger partial charge in [0.1, 0.15) is 5.01 Å². The predicted octanol–water partition coefficient (Wildman–Crippen LogP) is 2.95. The Labute approximate surface area is 89.9 Å². The highest BCUT2D eigenvalue weighted by Gasteiger charge is 2.11. The minimum absolute atomic E-state index is 0.470. The lowest BCUT2D eigenvalue weighted by atomic mass is 10.0. The first-order chi connectivity index (χ1) is 6.67.